The predicted octanol–water partition coefficient (Wildman–Crippen LogP) is 2.25. The third-order valence-electron chi connectivity index (χ3n) is 9.66. The lowest BCUT2D eigenvalue weighted by atomic mass is 9.59. The normalized spacial score (nSPS) is 40.3. The molecule has 36 heavy (non-hydrogen) atoms. The fourth-order valence-corrected chi connectivity index (χ4v) is 7.82. The maximum atomic E-state index is 14.4. The van der Waals surface area contributed by atoms with Gasteiger partial charge in [0.15, 0.2) is 17.5 Å². The second-order valence-electron chi connectivity index (χ2n) is 11.8. The van der Waals surface area contributed by atoms with E-state index in [1.165, 1.54) is 13.0 Å². The van der Waals surface area contributed by atoms with Crippen molar-refractivity contribution in [2.24, 2.45) is 34.5 Å². The molecule has 0 unspecified atom stereocenters. The van der Waals surface area contributed by atoms with Crippen molar-refractivity contribution in [2.45, 2.75) is 65.8 Å². The van der Waals surface area contributed by atoms with E-state index in [0.29, 0.717) is 17.6 Å². The Morgan fingerprint density at radius 2 is 1.89 bits per heavy atom. The van der Waals surface area contributed by atoms with Gasteiger partial charge in [0.2, 0.25) is 0 Å². The lowest BCUT2D eigenvalue weighted by molar-refractivity contribution is -0.190. The summed E-state index contributed by atoms with van der Waals surface area (Å²) in [5.74, 6) is -1.62. The lowest BCUT2D eigenvalue weighted by Gasteiger charge is -2.48. The van der Waals surface area contributed by atoms with Gasteiger partial charge in [0.1, 0.15) is 17.4 Å². The maximum absolute atomic E-state index is 14.4. The summed E-state index contributed by atoms with van der Waals surface area (Å²) in [4.78, 5) is 39.4. The van der Waals surface area contributed by atoms with Crippen molar-refractivity contribution in [3.63, 3.8) is 0 Å². The largest absolute Gasteiger partial charge is 0.451 e. The second kappa shape index (κ2) is 7.73. The highest BCUT2D eigenvalue weighted by molar-refractivity contribution is 5.96. The van der Waals surface area contributed by atoms with Crippen LogP contribution in [0.5, 0.6) is 0 Å². The van der Waals surface area contributed by atoms with E-state index < -0.39 is 47.3 Å². The van der Waals surface area contributed by atoms with E-state index >= 15 is 0 Å². The van der Waals surface area contributed by atoms with Crippen molar-refractivity contribution in [2.75, 3.05) is 6.61 Å². The Kier molecular flexibility index (Phi) is 5.39. The van der Waals surface area contributed by atoms with Crippen molar-refractivity contribution in [3.8, 4) is 0 Å². The number of aryl methyl sites for hydroxylation is 2. The van der Waals surface area contributed by atoms with Gasteiger partial charge in [0.05, 0.1) is 12.0 Å². The molecule has 5 rings (SSSR count). The Morgan fingerprint density at radius 3 is 2.50 bits per heavy atom. The number of hydrogen-bond acceptors (Lipinski definition) is 8. The number of allylic oxidation sites excluding steroid dienone is 1. The molecule has 8 nitrogen and oxygen atoms in total. The Balaban J connectivity index is 1.65. The highest BCUT2D eigenvalue weighted by Gasteiger charge is 2.76. The van der Waals surface area contributed by atoms with Crippen molar-refractivity contribution < 1.29 is 34.1 Å². The number of hydrogen-bond donors (Lipinski definition) is 3. The van der Waals surface area contributed by atoms with Gasteiger partial charge in [0.25, 0.3) is 0 Å². The molecule has 8 heteroatoms. The Labute approximate surface area is 209 Å². The van der Waals surface area contributed by atoms with E-state index in [1.807, 2.05) is 6.92 Å². The van der Waals surface area contributed by atoms with Gasteiger partial charge in [-0.3, -0.25) is 4.79 Å². The van der Waals surface area contributed by atoms with Gasteiger partial charge in [-0.25, -0.2) is 9.59 Å². The van der Waals surface area contributed by atoms with Crippen molar-refractivity contribution in [3.05, 3.63) is 56.7 Å². The third kappa shape index (κ3) is 2.95. The molecule has 0 saturated heterocycles. The average Bonchev–Trinajstić information content (AvgIpc) is 3.27. The number of fused-ring (bicyclic) bond motifs is 3. The van der Waals surface area contributed by atoms with E-state index in [0.717, 1.165) is 0 Å². The van der Waals surface area contributed by atoms with Crippen LogP contribution in [0.4, 0.5) is 0 Å². The number of esters is 1. The number of ketones is 1. The van der Waals surface area contributed by atoms with Crippen LogP contribution in [0.2, 0.25) is 0 Å². The summed E-state index contributed by atoms with van der Waals surface area (Å²) in [6, 6.07) is 1.18. The van der Waals surface area contributed by atoms with Gasteiger partial charge in [-0.05, 0) is 67.1 Å². The number of aliphatic hydroxyl groups excluding tert-OH is 2. The number of ether oxygens (including phenoxy) is 1. The van der Waals surface area contributed by atoms with Crippen molar-refractivity contribution >= 4 is 11.8 Å². The molecule has 2 fully saturated rings. The van der Waals surface area contributed by atoms with Crippen LogP contribution < -0.4 is 5.63 Å². The molecule has 4 aliphatic rings. The molecule has 1 heterocycles. The van der Waals surface area contributed by atoms with E-state index in [9.17, 15) is 29.7 Å². The molecular formula is C28H34O8. The maximum Gasteiger partial charge on any atom is 0.342 e. The summed E-state index contributed by atoms with van der Waals surface area (Å²) >= 11 is 0. The van der Waals surface area contributed by atoms with E-state index in [2.05, 4.69) is 13.8 Å². The molecule has 1 spiro atoms. The summed E-state index contributed by atoms with van der Waals surface area (Å²) in [5.41, 5.74) is -3.39. The van der Waals surface area contributed by atoms with Crippen LogP contribution in [-0.4, -0.2) is 51.5 Å². The number of carbonyl (C=O) groups excluding carboxylic acids is 2. The summed E-state index contributed by atoms with van der Waals surface area (Å²) in [5, 5.41) is 34.2. The molecule has 3 N–H and O–H groups in total. The zero-order valence-electron chi connectivity index (χ0n) is 21.5. The van der Waals surface area contributed by atoms with Crippen molar-refractivity contribution in [1.29, 1.82) is 0 Å². The van der Waals surface area contributed by atoms with E-state index in [4.69, 9.17) is 9.15 Å². The molecule has 194 valence electrons. The second-order valence-corrected chi connectivity index (χ2v) is 11.8. The smallest absolute Gasteiger partial charge is 0.342 e. The molecule has 0 amide bonds. The minimum atomic E-state index is -2.22. The molecule has 8 atom stereocenters. The Bertz CT molecular complexity index is 1260. The topological polar surface area (TPSA) is 134 Å². The quantitative estimate of drug-likeness (QED) is 0.427. The molecule has 0 radical (unpaired) electrons. The zero-order chi connectivity index (χ0) is 26.5. The van der Waals surface area contributed by atoms with Gasteiger partial charge in [-0.1, -0.05) is 32.9 Å². The molecule has 1 aromatic rings. The van der Waals surface area contributed by atoms with Crippen LogP contribution in [0, 0.1) is 48.3 Å². The molecule has 4 aliphatic carbocycles. The molecule has 1 aromatic heterocycles. The molecule has 0 aliphatic heterocycles. The fraction of sp³-hybridized carbons (Fsp3) is 0.607. The first-order chi connectivity index (χ1) is 16.7. The van der Waals surface area contributed by atoms with Gasteiger partial charge in [-0.2, -0.15) is 0 Å². The van der Waals surface area contributed by atoms with Gasteiger partial charge >= 0.3 is 11.6 Å². The molecular weight excluding hydrogens is 464 g/mol. The first-order valence-electron chi connectivity index (χ1n) is 12.5. The van der Waals surface area contributed by atoms with Gasteiger partial charge in [0, 0.05) is 12.0 Å². The molecule has 2 saturated carbocycles. The monoisotopic (exact) mass is 498 g/mol. The average molecular weight is 499 g/mol. The van der Waals surface area contributed by atoms with Crippen LogP contribution in [0.3, 0.4) is 0 Å². The fourth-order valence-electron chi connectivity index (χ4n) is 7.82. The molecule has 0 aromatic carbocycles. The molecule has 2 bridgehead atoms. The standard InChI is InChI=1S/C28H34O8/c1-12-7-19(30)35-15(4)20(12)25(33)36-24-13(2)10-27-14(3)8-18-21(26(18,5)6)17(23(27)32)9-16(11-29)22(31)28(24,27)34/h7,9-10,14,17-18,21-22,24,29,31,34H,8,11H2,1-6H3/t14-,17+,18-,21+,22-,24+,27+,28+/m1/s1. The Hall–Kier alpha value is -2.55. The van der Waals surface area contributed by atoms with Gasteiger partial charge in [-0.15, -0.1) is 0 Å². The first-order valence-corrected chi connectivity index (χ1v) is 12.5. The van der Waals surface area contributed by atoms with E-state index in [-0.39, 0.29) is 45.8 Å². The van der Waals surface area contributed by atoms with Crippen LogP contribution in [-0.2, 0) is 9.53 Å². The van der Waals surface area contributed by atoms with Crippen LogP contribution in [0.15, 0.2) is 38.6 Å². The van der Waals surface area contributed by atoms with Crippen molar-refractivity contribution in [1.82, 2.24) is 0 Å². The summed E-state index contributed by atoms with van der Waals surface area (Å²) in [6.07, 6.45) is 1.000. The number of Topliss-reactive ketones (excluding diaryl/α,β-unsaturated/α-hetero) is 1. The number of rotatable bonds is 3. The first kappa shape index (κ1) is 25.1. The zero-order valence-corrected chi connectivity index (χ0v) is 21.5. The number of aliphatic hydroxyl groups is 3. The SMILES string of the molecule is CC1=C[C@]23C(=O)[C@@H](C=C(CO)[C@@H](O)[C@]2(O)[C@H]1OC(=O)c1c(C)cc(=O)oc1C)[C@H]1[C@@H](C[C@H]3C)C1(C)C. The van der Waals surface area contributed by atoms with Crippen LogP contribution in [0.25, 0.3) is 0 Å². The van der Waals surface area contributed by atoms with Crippen LogP contribution in [0.1, 0.15) is 55.8 Å². The lowest BCUT2D eigenvalue weighted by Crippen LogP contribution is -2.65. The minimum absolute atomic E-state index is 0.0377. The van der Waals surface area contributed by atoms with E-state index in [1.54, 1.807) is 26.0 Å². The van der Waals surface area contributed by atoms with Gasteiger partial charge < -0.3 is 24.5 Å². The van der Waals surface area contributed by atoms with Crippen LogP contribution >= 0.6 is 0 Å². The highest BCUT2D eigenvalue weighted by atomic mass is 16.6. The summed E-state index contributed by atoms with van der Waals surface area (Å²) < 4.78 is 10.9. The summed E-state index contributed by atoms with van der Waals surface area (Å²) in [7, 11) is 0. The Morgan fingerprint density at radius 1 is 1.22 bits per heavy atom. The number of carbonyl (C=O) groups is 2. The predicted molar refractivity (Wildman–Crippen MR) is 129 cm³/mol. The third-order valence-corrected chi connectivity index (χ3v) is 9.66. The highest BCUT2D eigenvalue weighted by Crippen LogP contribution is 2.71. The summed E-state index contributed by atoms with van der Waals surface area (Å²) in [6.45, 7) is 10.3. The minimum Gasteiger partial charge on any atom is -0.451 e.